The van der Waals surface area contributed by atoms with Crippen LogP contribution in [0.3, 0.4) is 0 Å². The molecule has 0 aliphatic rings. The second-order valence-corrected chi connectivity index (χ2v) is 4.78. The molecular weight excluding hydrogens is 328 g/mol. The number of hydrogen-bond donors (Lipinski definition) is 2. The number of nitrogens with one attached hydrogen (secondary N) is 1. The van der Waals surface area contributed by atoms with E-state index < -0.39 is 6.10 Å². The van der Waals surface area contributed by atoms with Crippen molar-refractivity contribution in [1.82, 2.24) is 5.32 Å². The molecule has 1 amide bonds. The maximum Gasteiger partial charge on any atom is 0.252 e. The van der Waals surface area contributed by atoms with Crippen molar-refractivity contribution >= 4 is 40.1 Å². The first-order valence-corrected chi connectivity index (χ1v) is 5.87. The largest absolute Gasteiger partial charge is 0.392 e. The van der Waals surface area contributed by atoms with Gasteiger partial charge < -0.3 is 10.4 Å². The fraction of sp³-hybridized carbons (Fsp3) is 0.300. The Balaban J connectivity index is 2.74. The van der Waals surface area contributed by atoms with Gasteiger partial charge in [-0.2, -0.15) is 0 Å². The monoisotopic (exact) mass is 339 g/mol. The summed E-state index contributed by atoms with van der Waals surface area (Å²) in [4.78, 5) is 11.6. The van der Waals surface area contributed by atoms with Crippen molar-refractivity contribution in [3.05, 3.63) is 32.4 Å². The van der Waals surface area contributed by atoms with Gasteiger partial charge in [0.15, 0.2) is 0 Å². The summed E-state index contributed by atoms with van der Waals surface area (Å²) in [6.07, 6.45) is -0.543. The molecule has 0 fully saturated rings. The fourth-order valence-corrected chi connectivity index (χ4v) is 2.13. The van der Waals surface area contributed by atoms with Crippen molar-refractivity contribution < 1.29 is 9.90 Å². The second-order valence-electron chi connectivity index (χ2n) is 3.18. The van der Waals surface area contributed by atoms with Gasteiger partial charge in [-0.05, 0) is 47.7 Å². The Morgan fingerprint density at radius 1 is 1.67 bits per heavy atom. The Kier molecular flexibility index (Phi) is 4.82. The van der Waals surface area contributed by atoms with E-state index in [4.69, 9.17) is 16.7 Å². The summed E-state index contributed by atoms with van der Waals surface area (Å²) < 4.78 is 0.795. The quantitative estimate of drug-likeness (QED) is 0.828. The Hall–Kier alpha value is -0.330. The third-order valence-corrected chi connectivity index (χ3v) is 2.86. The van der Waals surface area contributed by atoms with Gasteiger partial charge in [-0.25, -0.2) is 0 Å². The van der Waals surface area contributed by atoms with Crippen molar-refractivity contribution in [2.24, 2.45) is 0 Å². The summed E-state index contributed by atoms with van der Waals surface area (Å²) in [7, 11) is 0. The van der Waals surface area contributed by atoms with Gasteiger partial charge in [-0.3, -0.25) is 4.79 Å². The Bertz CT molecular complexity index is 368. The number of carbonyl (C=O) groups excluding carboxylic acids is 1. The number of hydrogen-bond acceptors (Lipinski definition) is 2. The lowest BCUT2D eigenvalue weighted by Crippen LogP contribution is -2.30. The molecule has 1 atom stereocenters. The number of benzene rings is 1. The van der Waals surface area contributed by atoms with E-state index in [-0.39, 0.29) is 12.5 Å². The molecule has 0 aromatic heterocycles. The minimum absolute atomic E-state index is 0.197. The molecule has 1 aromatic rings. The lowest BCUT2D eigenvalue weighted by molar-refractivity contribution is 0.0923. The zero-order valence-corrected chi connectivity index (χ0v) is 11.0. The molecule has 5 heteroatoms. The molecule has 0 heterocycles. The molecule has 1 rings (SSSR count). The second kappa shape index (κ2) is 5.67. The van der Waals surface area contributed by atoms with E-state index >= 15 is 0 Å². The van der Waals surface area contributed by atoms with Crippen molar-refractivity contribution in [2.75, 3.05) is 6.54 Å². The van der Waals surface area contributed by atoms with E-state index in [0.29, 0.717) is 10.6 Å². The van der Waals surface area contributed by atoms with Crippen LogP contribution in [0.4, 0.5) is 0 Å². The van der Waals surface area contributed by atoms with E-state index in [1.807, 2.05) is 0 Å². The molecule has 0 radical (unpaired) electrons. The number of carbonyl (C=O) groups is 1. The zero-order chi connectivity index (χ0) is 11.4. The van der Waals surface area contributed by atoms with Gasteiger partial charge in [0.25, 0.3) is 5.91 Å². The van der Waals surface area contributed by atoms with Crippen LogP contribution < -0.4 is 5.32 Å². The molecule has 0 bridgehead atoms. The number of amides is 1. The van der Waals surface area contributed by atoms with Crippen molar-refractivity contribution in [3.8, 4) is 0 Å². The van der Waals surface area contributed by atoms with Gasteiger partial charge in [-0.15, -0.1) is 0 Å². The maximum absolute atomic E-state index is 11.6. The molecule has 3 nitrogen and oxygen atoms in total. The minimum atomic E-state index is -0.543. The molecule has 1 unspecified atom stereocenters. The molecule has 0 saturated heterocycles. The fourth-order valence-electron chi connectivity index (χ4n) is 1.01. The lowest BCUT2D eigenvalue weighted by Gasteiger charge is -2.08. The third kappa shape index (κ3) is 3.96. The minimum Gasteiger partial charge on any atom is -0.392 e. The standard InChI is InChI=1S/C10H11ClINO2/c1-6(14)5-13-10(15)8-3-2-7(11)4-9(8)12/h2-4,6,14H,5H2,1H3,(H,13,15). The highest BCUT2D eigenvalue weighted by atomic mass is 127. The smallest absolute Gasteiger partial charge is 0.252 e. The number of aliphatic hydroxyl groups is 1. The molecule has 2 N–H and O–H groups in total. The van der Waals surface area contributed by atoms with Gasteiger partial charge in [0.05, 0.1) is 11.7 Å². The van der Waals surface area contributed by atoms with Crippen LogP contribution in [-0.2, 0) is 0 Å². The van der Waals surface area contributed by atoms with E-state index in [2.05, 4.69) is 27.9 Å². The van der Waals surface area contributed by atoms with Crippen LogP contribution in [0.2, 0.25) is 5.02 Å². The number of halogens is 2. The molecule has 0 saturated carbocycles. The van der Waals surface area contributed by atoms with Crippen LogP contribution in [0.25, 0.3) is 0 Å². The highest BCUT2D eigenvalue weighted by Crippen LogP contribution is 2.17. The molecule has 0 spiro atoms. The van der Waals surface area contributed by atoms with Gasteiger partial charge in [0, 0.05) is 15.1 Å². The first-order chi connectivity index (χ1) is 7.00. The third-order valence-electron chi connectivity index (χ3n) is 1.73. The summed E-state index contributed by atoms with van der Waals surface area (Å²) in [6.45, 7) is 1.87. The van der Waals surface area contributed by atoms with Crippen LogP contribution in [0, 0.1) is 3.57 Å². The Morgan fingerprint density at radius 3 is 2.87 bits per heavy atom. The molecular formula is C10H11ClINO2. The average Bonchev–Trinajstić information content (AvgIpc) is 2.14. The van der Waals surface area contributed by atoms with Gasteiger partial charge in [0.1, 0.15) is 0 Å². The van der Waals surface area contributed by atoms with Crippen LogP contribution in [0.1, 0.15) is 17.3 Å². The normalized spacial score (nSPS) is 12.3. The molecule has 1 aromatic carbocycles. The first-order valence-electron chi connectivity index (χ1n) is 4.42. The van der Waals surface area contributed by atoms with E-state index in [1.54, 1.807) is 25.1 Å². The molecule has 0 aliphatic heterocycles. The van der Waals surface area contributed by atoms with Crippen molar-refractivity contribution in [2.45, 2.75) is 13.0 Å². The Morgan fingerprint density at radius 2 is 2.33 bits per heavy atom. The van der Waals surface area contributed by atoms with Gasteiger partial charge in [0.2, 0.25) is 0 Å². The predicted molar refractivity (Wildman–Crippen MR) is 68.2 cm³/mol. The first kappa shape index (κ1) is 12.7. The van der Waals surface area contributed by atoms with Gasteiger partial charge in [-0.1, -0.05) is 11.6 Å². The molecule has 82 valence electrons. The summed E-state index contributed by atoms with van der Waals surface area (Å²) >= 11 is 7.82. The maximum atomic E-state index is 11.6. The van der Waals surface area contributed by atoms with Crippen LogP contribution >= 0.6 is 34.2 Å². The van der Waals surface area contributed by atoms with Crippen LogP contribution in [0.5, 0.6) is 0 Å². The highest BCUT2D eigenvalue weighted by Gasteiger charge is 2.10. The average molecular weight is 340 g/mol. The van der Waals surface area contributed by atoms with Crippen molar-refractivity contribution in [1.29, 1.82) is 0 Å². The summed E-state index contributed by atoms with van der Waals surface area (Å²) in [5, 5.41) is 12.2. The molecule has 15 heavy (non-hydrogen) atoms. The SMILES string of the molecule is CC(O)CNC(=O)c1ccc(Cl)cc1I. The summed E-state index contributed by atoms with van der Waals surface area (Å²) in [5.41, 5.74) is 0.570. The van der Waals surface area contributed by atoms with E-state index in [1.165, 1.54) is 0 Å². The van der Waals surface area contributed by atoms with E-state index in [0.717, 1.165) is 3.57 Å². The van der Waals surface area contributed by atoms with Crippen LogP contribution in [0.15, 0.2) is 18.2 Å². The Labute approximate surface area is 107 Å². The molecule has 0 aliphatic carbocycles. The van der Waals surface area contributed by atoms with Crippen LogP contribution in [-0.4, -0.2) is 23.7 Å². The highest BCUT2D eigenvalue weighted by molar-refractivity contribution is 14.1. The zero-order valence-electron chi connectivity index (χ0n) is 8.13. The lowest BCUT2D eigenvalue weighted by atomic mass is 10.2. The predicted octanol–water partition coefficient (Wildman–Crippen LogP) is 2.06. The van der Waals surface area contributed by atoms with E-state index in [9.17, 15) is 4.79 Å². The van der Waals surface area contributed by atoms with Gasteiger partial charge >= 0.3 is 0 Å². The number of rotatable bonds is 3. The topological polar surface area (TPSA) is 49.3 Å². The number of aliphatic hydroxyl groups excluding tert-OH is 1. The summed E-state index contributed by atoms with van der Waals surface area (Å²) in [6, 6.07) is 5.06. The summed E-state index contributed by atoms with van der Waals surface area (Å²) in [5.74, 6) is -0.197. The van der Waals surface area contributed by atoms with Crippen molar-refractivity contribution in [3.63, 3.8) is 0 Å².